The summed E-state index contributed by atoms with van der Waals surface area (Å²) in [7, 11) is 1.71. The second kappa shape index (κ2) is 7.56. The highest BCUT2D eigenvalue weighted by molar-refractivity contribution is 5.83. The van der Waals surface area contributed by atoms with Crippen molar-refractivity contribution < 1.29 is 4.74 Å². The van der Waals surface area contributed by atoms with E-state index in [1.165, 1.54) is 36.6 Å². The predicted octanol–water partition coefficient (Wildman–Crippen LogP) is 2.87. The molecule has 2 heterocycles. The van der Waals surface area contributed by atoms with Crippen molar-refractivity contribution in [2.24, 2.45) is 0 Å². The maximum atomic E-state index is 5.35. The molecule has 0 saturated carbocycles. The van der Waals surface area contributed by atoms with Crippen molar-refractivity contribution in [1.82, 2.24) is 15.6 Å². The molecule has 4 nitrogen and oxygen atoms in total. The molecule has 1 saturated heterocycles. The summed E-state index contributed by atoms with van der Waals surface area (Å²) in [5.74, 6) is 0.888. The molecule has 0 spiro atoms. The Balaban J connectivity index is 1.72. The number of benzene rings is 1. The molecule has 3 rings (SSSR count). The maximum Gasteiger partial charge on any atom is 0.119 e. The average Bonchev–Trinajstić information content (AvgIpc) is 2.53. The Morgan fingerprint density at radius 1 is 1.23 bits per heavy atom. The van der Waals surface area contributed by atoms with Crippen molar-refractivity contribution in [1.29, 1.82) is 0 Å². The lowest BCUT2D eigenvalue weighted by Gasteiger charge is -2.22. The van der Waals surface area contributed by atoms with Gasteiger partial charge >= 0.3 is 0 Å². The van der Waals surface area contributed by atoms with E-state index in [1.54, 1.807) is 7.11 Å². The van der Waals surface area contributed by atoms with Crippen molar-refractivity contribution >= 4 is 10.9 Å². The number of nitrogens with zero attached hydrogens (tertiary/aromatic N) is 1. The van der Waals surface area contributed by atoms with E-state index >= 15 is 0 Å². The molecule has 1 aliphatic rings. The zero-order valence-electron chi connectivity index (χ0n) is 13.3. The van der Waals surface area contributed by atoms with Gasteiger partial charge in [0.1, 0.15) is 5.75 Å². The van der Waals surface area contributed by atoms with Crippen LogP contribution in [-0.4, -0.2) is 31.2 Å². The highest BCUT2D eigenvalue weighted by Crippen LogP contribution is 2.22. The van der Waals surface area contributed by atoms with Crippen molar-refractivity contribution in [2.75, 3.05) is 20.2 Å². The van der Waals surface area contributed by atoms with E-state index in [-0.39, 0.29) is 0 Å². The van der Waals surface area contributed by atoms with E-state index in [0.717, 1.165) is 30.9 Å². The van der Waals surface area contributed by atoms with Gasteiger partial charge in [0.2, 0.25) is 0 Å². The maximum absolute atomic E-state index is 5.35. The molecule has 1 aliphatic heterocycles. The minimum Gasteiger partial charge on any atom is -0.497 e. The van der Waals surface area contributed by atoms with Crippen LogP contribution in [-0.2, 0) is 6.54 Å². The van der Waals surface area contributed by atoms with E-state index < -0.39 is 0 Å². The second-order valence-corrected chi connectivity index (χ2v) is 5.97. The monoisotopic (exact) mass is 299 g/mol. The first-order valence-corrected chi connectivity index (χ1v) is 8.22. The van der Waals surface area contributed by atoms with Gasteiger partial charge in [0.25, 0.3) is 0 Å². The first-order valence-electron chi connectivity index (χ1n) is 8.22. The summed E-state index contributed by atoms with van der Waals surface area (Å²) < 4.78 is 5.35. The Bertz CT molecular complexity index is 606. The number of aromatic nitrogens is 1. The molecular weight excluding hydrogens is 274 g/mol. The summed E-state index contributed by atoms with van der Waals surface area (Å²) in [4.78, 5) is 4.45. The Morgan fingerprint density at radius 3 is 2.82 bits per heavy atom. The fraction of sp³-hybridized carbons (Fsp3) is 0.500. The fourth-order valence-electron chi connectivity index (χ4n) is 3.14. The van der Waals surface area contributed by atoms with Gasteiger partial charge in [0, 0.05) is 24.2 Å². The van der Waals surface area contributed by atoms with Crippen LogP contribution in [0.1, 0.15) is 31.2 Å². The molecule has 22 heavy (non-hydrogen) atoms. The average molecular weight is 299 g/mol. The standard InChI is InChI=1S/C18H25N3O/c1-22-16-6-7-18-17(12-16)14(8-11-20-18)13-21-15-4-2-9-19-10-3-5-15/h6-8,11-12,15,19,21H,2-5,9-10,13H2,1H3. The summed E-state index contributed by atoms with van der Waals surface area (Å²) >= 11 is 0. The quantitative estimate of drug-likeness (QED) is 0.911. The molecule has 0 atom stereocenters. The minimum atomic E-state index is 0.621. The normalized spacial score (nSPS) is 17.1. The number of hydrogen-bond acceptors (Lipinski definition) is 4. The number of rotatable bonds is 4. The zero-order valence-corrected chi connectivity index (χ0v) is 13.3. The highest BCUT2D eigenvalue weighted by Gasteiger charge is 2.11. The van der Waals surface area contributed by atoms with Crippen LogP contribution in [0.4, 0.5) is 0 Å². The number of pyridine rings is 1. The van der Waals surface area contributed by atoms with Crippen LogP contribution in [0.5, 0.6) is 5.75 Å². The second-order valence-electron chi connectivity index (χ2n) is 5.97. The number of nitrogens with one attached hydrogen (secondary N) is 2. The molecular formula is C18H25N3O. The van der Waals surface area contributed by atoms with Crippen molar-refractivity contribution in [3.8, 4) is 5.75 Å². The largest absolute Gasteiger partial charge is 0.497 e. The summed E-state index contributed by atoms with van der Waals surface area (Å²) in [6, 6.07) is 8.81. The van der Waals surface area contributed by atoms with Crippen LogP contribution in [0.2, 0.25) is 0 Å². The summed E-state index contributed by atoms with van der Waals surface area (Å²) in [5.41, 5.74) is 2.33. The number of fused-ring (bicyclic) bond motifs is 1. The molecule has 4 heteroatoms. The molecule has 0 unspecified atom stereocenters. The van der Waals surface area contributed by atoms with Gasteiger partial charge in [-0.2, -0.15) is 0 Å². The van der Waals surface area contributed by atoms with Crippen molar-refractivity contribution in [2.45, 2.75) is 38.3 Å². The third-order valence-electron chi connectivity index (χ3n) is 4.43. The van der Waals surface area contributed by atoms with Crippen LogP contribution in [0, 0.1) is 0 Å². The minimum absolute atomic E-state index is 0.621. The van der Waals surface area contributed by atoms with Crippen LogP contribution in [0.3, 0.4) is 0 Å². The topological polar surface area (TPSA) is 46.2 Å². The van der Waals surface area contributed by atoms with E-state index in [4.69, 9.17) is 4.74 Å². The number of ether oxygens (including phenoxy) is 1. The highest BCUT2D eigenvalue weighted by atomic mass is 16.5. The fourth-order valence-corrected chi connectivity index (χ4v) is 3.14. The first-order chi connectivity index (χ1) is 10.9. The summed E-state index contributed by atoms with van der Waals surface area (Å²) in [6.45, 7) is 3.19. The molecule has 1 aromatic carbocycles. The van der Waals surface area contributed by atoms with E-state index in [0.29, 0.717) is 6.04 Å². The Labute approximate surface area is 132 Å². The Kier molecular flexibility index (Phi) is 5.24. The van der Waals surface area contributed by atoms with Crippen LogP contribution >= 0.6 is 0 Å². The lowest BCUT2D eigenvalue weighted by Crippen LogP contribution is -2.33. The first kappa shape index (κ1) is 15.3. The molecule has 1 fully saturated rings. The third kappa shape index (κ3) is 3.76. The van der Waals surface area contributed by atoms with Gasteiger partial charge < -0.3 is 15.4 Å². The van der Waals surface area contributed by atoms with E-state index in [1.807, 2.05) is 18.3 Å². The predicted molar refractivity (Wildman–Crippen MR) is 90.3 cm³/mol. The SMILES string of the molecule is COc1ccc2nccc(CNC3CCCNCCC3)c2c1. The summed E-state index contributed by atoms with van der Waals surface area (Å²) in [5, 5.41) is 8.39. The lowest BCUT2D eigenvalue weighted by molar-refractivity contribution is 0.397. The van der Waals surface area contributed by atoms with Crippen LogP contribution in [0.25, 0.3) is 10.9 Å². The number of methoxy groups -OCH3 is 1. The third-order valence-corrected chi connectivity index (χ3v) is 4.43. The van der Waals surface area contributed by atoms with Crippen LogP contribution in [0.15, 0.2) is 30.5 Å². The van der Waals surface area contributed by atoms with Crippen molar-refractivity contribution in [3.05, 3.63) is 36.0 Å². The van der Waals surface area contributed by atoms with Gasteiger partial charge in [-0.15, -0.1) is 0 Å². The van der Waals surface area contributed by atoms with E-state index in [9.17, 15) is 0 Å². The van der Waals surface area contributed by atoms with E-state index in [2.05, 4.69) is 27.8 Å². The van der Waals surface area contributed by atoms with Gasteiger partial charge in [0.15, 0.2) is 0 Å². The molecule has 2 aromatic rings. The molecule has 0 bridgehead atoms. The Morgan fingerprint density at radius 2 is 2.05 bits per heavy atom. The molecule has 118 valence electrons. The molecule has 0 aliphatic carbocycles. The van der Waals surface area contributed by atoms with Crippen LogP contribution < -0.4 is 15.4 Å². The van der Waals surface area contributed by atoms with Gasteiger partial charge in [-0.1, -0.05) is 0 Å². The molecule has 1 aromatic heterocycles. The summed E-state index contributed by atoms with van der Waals surface area (Å²) in [6.07, 6.45) is 6.90. The smallest absolute Gasteiger partial charge is 0.119 e. The van der Waals surface area contributed by atoms with Gasteiger partial charge in [-0.3, -0.25) is 4.98 Å². The van der Waals surface area contributed by atoms with Gasteiger partial charge in [0.05, 0.1) is 12.6 Å². The van der Waals surface area contributed by atoms with Gasteiger partial charge in [-0.25, -0.2) is 0 Å². The molecule has 0 radical (unpaired) electrons. The zero-order chi connectivity index (χ0) is 15.2. The molecule has 2 N–H and O–H groups in total. The van der Waals surface area contributed by atoms with Gasteiger partial charge in [-0.05, 0) is 68.6 Å². The lowest BCUT2D eigenvalue weighted by atomic mass is 10.0. The Hall–Kier alpha value is -1.65. The molecule has 0 amide bonds. The van der Waals surface area contributed by atoms with Crippen molar-refractivity contribution in [3.63, 3.8) is 0 Å². The number of hydrogen-bond donors (Lipinski definition) is 2.